The van der Waals surface area contributed by atoms with Crippen molar-refractivity contribution >= 4 is 16.7 Å². The molecule has 0 spiro atoms. The zero-order valence-corrected chi connectivity index (χ0v) is 18.3. The maximum atomic E-state index is 14.2. The Labute approximate surface area is 190 Å². The first-order valence-electron chi connectivity index (χ1n) is 10.4. The maximum Gasteiger partial charge on any atom is 0.340 e. The van der Waals surface area contributed by atoms with Gasteiger partial charge < -0.3 is 14.8 Å². The van der Waals surface area contributed by atoms with Crippen LogP contribution in [-0.4, -0.2) is 20.2 Å². The second-order valence-corrected chi connectivity index (χ2v) is 7.62. The molecule has 0 fully saturated rings. The van der Waals surface area contributed by atoms with Crippen molar-refractivity contribution in [1.29, 1.82) is 0 Å². The Kier molecular flexibility index (Phi) is 6.66. The van der Waals surface area contributed by atoms with Gasteiger partial charge in [-0.3, -0.25) is 0 Å². The molecule has 0 atom stereocenters. The highest BCUT2D eigenvalue weighted by Gasteiger charge is 2.15. The van der Waals surface area contributed by atoms with Crippen molar-refractivity contribution in [2.45, 2.75) is 13.1 Å². The molecule has 4 nitrogen and oxygen atoms in total. The van der Waals surface area contributed by atoms with E-state index in [4.69, 9.17) is 9.47 Å². The van der Waals surface area contributed by atoms with E-state index in [1.165, 1.54) is 32.4 Å². The highest BCUT2D eigenvalue weighted by Crippen LogP contribution is 2.31. The average Bonchev–Trinajstić information content (AvgIpc) is 2.84. The molecule has 0 amide bonds. The van der Waals surface area contributed by atoms with Crippen molar-refractivity contribution in [3.8, 4) is 16.9 Å². The number of ether oxygens (including phenoxy) is 2. The normalized spacial score (nSPS) is 10.9. The Morgan fingerprint density at radius 1 is 0.848 bits per heavy atom. The summed E-state index contributed by atoms with van der Waals surface area (Å²) in [6.07, 6.45) is 0. The van der Waals surface area contributed by atoms with E-state index >= 15 is 0 Å². The summed E-state index contributed by atoms with van der Waals surface area (Å²) in [5.41, 5.74) is 3.42. The van der Waals surface area contributed by atoms with E-state index in [0.29, 0.717) is 13.1 Å². The summed E-state index contributed by atoms with van der Waals surface area (Å²) < 4.78 is 37.6. The molecule has 0 bridgehead atoms. The molecule has 0 aliphatic carbocycles. The van der Waals surface area contributed by atoms with Gasteiger partial charge in [0.25, 0.3) is 0 Å². The minimum Gasteiger partial charge on any atom is -0.494 e. The number of nitrogens with one attached hydrogen (secondary N) is 1. The van der Waals surface area contributed by atoms with Crippen LogP contribution in [0.1, 0.15) is 21.5 Å². The van der Waals surface area contributed by atoms with Crippen molar-refractivity contribution in [3.05, 3.63) is 101 Å². The Bertz CT molecular complexity index is 1320. The second-order valence-electron chi connectivity index (χ2n) is 7.62. The van der Waals surface area contributed by atoms with Crippen LogP contribution in [0.2, 0.25) is 0 Å². The van der Waals surface area contributed by atoms with E-state index in [2.05, 4.69) is 11.4 Å². The van der Waals surface area contributed by atoms with Gasteiger partial charge in [-0.25, -0.2) is 13.6 Å². The van der Waals surface area contributed by atoms with Crippen LogP contribution in [0.3, 0.4) is 0 Å². The van der Waals surface area contributed by atoms with E-state index < -0.39 is 17.6 Å². The van der Waals surface area contributed by atoms with E-state index in [1.807, 2.05) is 30.3 Å². The number of methoxy groups -OCH3 is 2. The fraction of sp³-hybridized carbons (Fsp3) is 0.148. The quantitative estimate of drug-likeness (QED) is 0.360. The molecule has 6 heteroatoms. The monoisotopic (exact) mass is 447 g/mol. The molecule has 0 aliphatic rings. The SMILES string of the molecule is COC(=O)c1cc(-c2cc(CNCc3ccc(F)c(OC)c3)cc3ccccc23)ccc1F. The van der Waals surface area contributed by atoms with Crippen LogP contribution in [0, 0.1) is 11.6 Å². The molecule has 0 heterocycles. The molecule has 4 aromatic rings. The van der Waals surface area contributed by atoms with E-state index in [-0.39, 0.29) is 11.3 Å². The summed E-state index contributed by atoms with van der Waals surface area (Å²) in [6.45, 7) is 1.09. The topological polar surface area (TPSA) is 47.6 Å². The molecule has 0 radical (unpaired) electrons. The largest absolute Gasteiger partial charge is 0.494 e. The fourth-order valence-electron chi connectivity index (χ4n) is 3.84. The summed E-state index contributed by atoms with van der Waals surface area (Å²) in [5.74, 6) is -1.53. The van der Waals surface area contributed by atoms with Gasteiger partial charge in [-0.2, -0.15) is 0 Å². The van der Waals surface area contributed by atoms with Crippen molar-refractivity contribution in [2.24, 2.45) is 0 Å². The number of halogens is 2. The Morgan fingerprint density at radius 3 is 2.39 bits per heavy atom. The fourth-order valence-corrected chi connectivity index (χ4v) is 3.84. The predicted molar refractivity (Wildman–Crippen MR) is 124 cm³/mol. The van der Waals surface area contributed by atoms with Gasteiger partial charge in [0.05, 0.1) is 19.8 Å². The molecule has 1 N–H and O–H groups in total. The van der Waals surface area contributed by atoms with Crippen LogP contribution in [-0.2, 0) is 17.8 Å². The van der Waals surface area contributed by atoms with Gasteiger partial charge >= 0.3 is 5.97 Å². The lowest BCUT2D eigenvalue weighted by molar-refractivity contribution is 0.0595. The summed E-state index contributed by atoms with van der Waals surface area (Å²) in [5, 5.41) is 5.39. The van der Waals surface area contributed by atoms with Crippen molar-refractivity contribution in [2.75, 3.05) is 14.2 Å². The highest BCUT2D eigenvalue weighted by molar-refractivity contribution is 5.99. The van der Waals surface area contributed by atoms with E-state index in [0.717, 1.165) is 33.0 Å². The van der Waals surface area contributed by atoms with Gasteiger partial charge in [0.15, 0.2) is 11.6 Å². The summed E-state index contributed by atoms with van der Waals surface area (Å²) in [6, 6.07) is 21.2. The van der Waals surface area contributed by atoms with Gasteiger partial charge in [-0.15, -0.1) is 0 Å². The zero-order valence-electron chi connectivity index (χ0n) is 18.3. The number of esters is 1. The number of rotatable bonds is 7. The third-order valence-corrected chi connectivity index (χ3v) is 5.48. The van der Waals surface area contributed by atoms with Crippen LogP contribution in [0.5, 0.6) is 5.75 Å². The Balaban J connectivity index is 1.64. The third-order valence-electron chi connectivity index (χ3n) is 5.48. The van der Waals surface area contributed by atoms with Gasteiger partial charge in [-0.05, 0) is 69.4 Å². The molecule has 0 aliphatic heterocycles. The molecule has 0 saturated heterocycles. The number of carbonyl (C=O) groups excluding carboxylic acids is 1. The first-order chi connectivity index (χ1) is 16.0. The van der Waals surface area contributed by atoms with Crippen molar-refractivity contribution < 1.29 is 23.0 Å². The maximum absolute atomic E-state index is 14.2. The minimum absolute atomic E-state index is 0.104. The number of hydrogen-bond donors (Lipinski definition) is 1. The molecular weight excluding hydrogens is 424 g/mol. The van der Waals surface area contributed by atoms with E-state index in [9.17, 15) is 13.6 Å². The molecule has 33 heavy (non-hydrogen) atoms. The Morgan fingerprint density at radius 2 is 1.61 bits per heavy atom. The van der Waals surface area contributed by atoms with Gasteiger partial charge in [0, 0.05) is 13.1 Å². The first-order valence-corrected chi connectivity index (χ1v) is 10.4. The molecule has 0 unspecified atom stereocenters. The smallest absolute Gasteiger partial charge is 0.340 e. The summed E-state index contributed by atoms with van der Waals surface area (Å²) in [4.78, 5) is 12.0. The molecule has 0 saturated carbocycles. The molecular formula is C27H23F2NO3. The van der Waals surface area contributed by atoms with Crippen LogP contribution >= 0.6 is 0 Å². The predicted octanol–water partition coefficient (Wildman–Crippen LogP) is 5.87. The van der Waals surface area contributed by atoms with Crippen LogP contribution < -0.4 is 10.1 Å². The molecule has 4 rings (SSSR count). The first kappa shape index (κ1) is 22.4. The van der Waals surface area contributed by atoms with Crippen molar-refractivity contribution in [1.82, 2.24) is 5.32 Å². The van der Waals surface area contributed by atoms with Gasteiger partial charge in [0.2, 0.25) is 0 Å². The van der Waals surface area contributed by atoms with Gasteiger partial charge in [-0.1, -0.05) is 36.4 Å². The van der Waals surface area contributed by atoms with Crippen LogP contribution in [0.4, 0.5) is 8.78 Å². The molecule has 168 valence electrons. The second kappa shape index (κ2) is 9.79. The lowest BCUT2D eigenvalue weighted by atomic mass is 9.94. The van der Waals surface area contributed by atoms with Gasteiger partial charge in [0.1, 0.15) is 5.82 Å². The number of hydrogen-bond acceptors (Lipinski definition) is 4. The molecule has 0 aromatic heterocycles. The standard InChI is InChI=1S/C27H23F2NO3/c1-32-26-13-17(7-9-25(26)29)15-30-16-18-11-19-5-3-4-6-21(19)22(12-18)20-8-10-24(28)23(14-20)27(31)33-2/h3-14,30H,15-16H2,1-2H3. The van der Waals surface area contributed by atoms with E-state index in [1.54, 1.807) is 18.2 Å². The van der Waals surface area contributed by atoms with Crippen LogP contribution in [0.15, 0.2) is 72.8 Å². The Hall–Kier alpha value is -3.77. The molecule has 4 aromatic carbocycles. The van der Waals surface area contributed by atoms with Crippen LogP contribution in [0.25, 0.3) is 21.9 Å². The number of benzene rings is 4. The van der Waals surface area contributed by atoms with Crippen molar-refractivity contribution in [3.63, 3.8) is 0 Å². The lowest BCUT2D eigenvalue weighted by Crippen LogP contribution is -2.13. The number of carbonyl (C=O) groups is 1. The average molecular weight is 447 g/mol. The minimum atomic E-state index is -0.716. The lowest BCUT2D eigenvalue weighted by Gasteiger charge is -2.13. The summed E-state index contributed by atoms with van der Waals surface area (Å²) >= 11 is 0. The number of fused-ring (bicyclic) bond motifs is 1. The summed E-state index contributed by atoms with van der Waals surface area (Å²) in [7, 11) is 2.67. The third kappa shape index (κ3) is 4.86. The highest BCUT2D eigenvalue weighted by atomic mass is 19.1. The zero-order chi connectivity index (χ0) is 23.4.